The maximum absolute atomic E-state index is 11.6. The first kappa shape index (κ1) is 11.9. The number of benzene rings is 1. The van der Waals surface area contributed by atoms with Crippen molar-refractivity contribution in [2.24, 2.45) is 5.73 Å². The highest BCUT2D eigenvalue weighted by molar-refractivity contribution is 9.10. The maximum atomic E-state index is 11.6. The topological polar surface area (TPSA) is 67.2 Å². The number of aryl methyl sites for hydroxylation is 1. The molecule has 0 heterocycles. The molecule has 0 radical (unpaired) electrons. The molecule has 0 aliphatic carbocycles. The Labute approximate surface area is 101 Å². The van der Waals surface area contributed by atoms with Gasteiger partial charge in [0, 0.05) is 4.47 Å². The second kappa shape index (κ2) is 5.09. The average molecular weight is 288 g/mol. The number of thiocarbonyl (C=S) groups is 1. The molecule has 0 bridgehead atoms. The Morgan fingerprint density at radius 3 is 2.73 bits per heavy atom. The summed E-state index contributed by atoms with van der Waals surface area (Å²) < 4.78 is 0.718. The minimum Gasteiger partial charge on any atom is -0.375 e. The molecule has 1 amide bonds. The summed E-state index contributed by atoms with van der Waals surface area (Å²) in [5, 5.41) is 0.0205. The summed E-state index contributed by atoms with van der Waals surface area (Å²) >= 11 is 7.85. The average Bonchev–Trinajstić information content (AvgIpc) is 2.18. The third-order valence-corrected chi connectivity index (χ3v) is 2.46. The normalized spacial score (nSPS) is 9.47. The lowest BCUT2D eigenvalue weighted by molar-refractivity contribution is 0.0943. The summed E-state index contributed by atoms with van der Waals surface area (Å²) in [4.78, 5) is 11.6. The van der Waals surface area contributed by atoms with Crippen molar-refractivity contribution in [3.05, 3.63) is 33.8 Å². The van der Waals surface area contributed by atoms with Gasteiger partial charge in [0.2, 0.25) is 0 Å². The van der Waals surface area contributed by atoms with E-state index >= 15 is 0 Å². The van der Waals surface area contributed by atoms with E-state index in [9.17, 15) is 4.79 Å². The standard InChI is InChI=1S/C9H10BrN3OS/c1-5-2-3-7(10)6(4-5)8(14)12-13-9(11)15/h2-4H,1H3,(H,12,14)(H3,11,13,15). The van der Waals surface area contributed by atoms with Crippen LogP contribution in [0.2, 0.25) is 0 Å². The Morgan fingerprint density at radius 1 is 1.47 bits per heavy atom. The molecule has 0 saturated heterocycles. The van der Waals surface area contributed by atoms with E-state index in [-0.39, 0.29) is 11.0 Å². The van der Waals surface area contributed by atoms with Crippen LogP contribution in [0.3, 0.4) is 0 Å². The van der Waals surface area contributed by atoms with Crippen molar-refractivity contribution in [3.63, 3.8) is 0 Å². The number of nitrogens with one attached hydrogen (secondary N) is 2. The molecule has 0 spiro atoms. The van der Waals surface area contributed by atoms with Crippen LogP contribution < -0.4 is 16.6 Å². The van der Waals surface area contributed by atoms with Gasteiger partial charge >= 0.3 is 0 Å². The molecule has 4 N–H and O–H groups in total. The van der Waals surface area contributed by atoms with E-state index < -0.39 is 0 Å². The zero-order valence-corrected chi connectivity index (χ0v) is 10.4. The number of hydrogen-bond donors (Lipinski definition) is 3. The summed E-state index contributed by atoms with van der Waals surface area (Å²) in [6, 6.07) is 5.48. The van der Waals surface area contributed by atoms with Crippen molar-refractivity contribution in [1.29, 1.82) is 0 Å². The molecule has 80 valence electrons. The summed E-state index contributed by atoms with van der Waals surface area (Å²) in [5.74, 6) is -0.293. The molecule has 0 unspecified atom stereocenters. The SMILES string of the molecule is Cc1ccc(Br)c(C(=O)NNC(N)=S)c1. The number of rotatable bonds is 1. The fraction of sp³-hybridized carbons (Fsp3) is 0.111. The second-order valence-corrected chi connectivity index (χ2v) is 4.22. The zero-order valence-electron chi connectivity index (χ0n) is 8.00. The Morgan fingerprint density at radius 2 is 2.13 bits per heavy atom. The fourth-order valence-corrected chi connectivity index (χ4v) is 1.48. The summed E-state index contributed by atoms with van der Waals surface area (Å²) in [6.45, 7) is 1.91. The molecule has 15 heavy (non-hydrogen) atoms. The van der Waals surface area contributed by atoms with E-state index in [1.54, 1.807) is 6.07 Å². The van der Waals surface area contributed by atoms with Crippen LogP contribution in [-0.4, -0.2) is 11.0 Å². The number of nitrogens with two attached hydrogens (primary N) is 1. The summed E-state index contributed by atoms with van der Waals surface area (Å²) in [7, 11) is 0. The number of carbonyl (C=O) groups is 1. The van der Waals surface area contributed by atoms with Crippen LogP contribution in [0.15, 0.2) is 22.7 Å². The van der Waals surface area contributed by atoms with E-state index in [1.165, 1.54) is 0 Å². The number of amides is 1. The van der Waals surface area contributed by atoms with Gasteiger partial charge in [-0.3, -0.25) is 15.6 Å². The Bertz CT molecular complexity index is 408. The van der Waals surface area contributed by atoms with Gasteiger partial charge in [-0.05, 0) is 47.2 Å². The number of hydrogen-bond acceptors (Lipinski definition) is 2. The van der Waals surface area contributed by atoms with Crippen LogP contribution in [0, 0.1) is 6.92 Å². The minimum atomic E-state index is -0.293. The molecular weight excluding hydrogens is 278 g/mol. The molecule has 0 saturated carbocycles. The minimum absolute atomic E-state index is 0.0205. The van der Waals surface area contributed by atoms with Gasteiger partial charge in [-0.1, -0.05) is 11.6 Å². The molecule has 1 aromatic rings. The van der Waals surface area contributed by atoms with Crippen molar-refractivity contribution < 1.29 is 4.79 Å². The molecule has 0 atom stereocenters. The van der Waals surface area contributed by atoms with Crippen molar-refractivity contribution in [2.75, 3.05) is 0 Å². The molecule has 0 aliphatic rings. The van der Waals surface area contributed by atoms with E-state index in [4.69, 9.17) is 5.73 Å². The van der Waals surface area contributed by atoms with Crippen molar-refractivity contribution in [3.8, 4) is 0 Å². The van der Waals surface area contributed by atoms with Gasteiger partial charge in [0.1, 0.15) is 0 Å². The van der Waals surface area contributed by atoms with Crippen molar-refractivity contribution in [2.45, 2.75) is 6.92 Å². The Kier molecular flexibility index (Phi) is 4.05. The van der Waals surface area contributed by atoms with Gasteiger partial charge in [-0.15, -0.1) is 0 Å². The Hall–Kier alpha value is -1.14. The van der Waals surface area contributed by atoms with Crippen LogP contribution in [-0.2, 0) is 0 Å². The maximum Gasteiger partial charge on any atom is 0.270 e. The van der Waals surface area contributed by atoms with E-state index in [1.807, 2.05) is 19.1 Å². The fourth-order valence-electron chi connectivity index (χ4n) is 0.999. The van der Waals surface area contributed by atoms with Gasteiger partial charge in [0.15, 0.2) is 5.11 Å². The van der Waals surface area contributed by atoms with Gasteiger partial charge in [-0.2, -0.15) is 0 Å². The van der Waals surface area contributed by atoms with Crippen LogP contribution in [0.1, 0.15) is 15.9 Å². The monoisotopic (exact) mass is 287 g/mol. The third-order valence-electron chi connectivity index (χ3n) is 1.67. The lowest BCUT2D eigenvalue weighted by atomic mass is 10.1. The highest BCUT2D eigenvalue weighted by Crippen LogP contribution is 2.17. The molecule has 1 aromatic carbocycles. The van der Waals surface area contributed by atoms with Gasteiger partial charge in [0.05, 0.1) is 5.56 Å². The van der Waals surface area contributed by atoms with Crippen LogP contribution in [0.25, 0.3) is 0 Å². The summed E-state index contributed by atoms with van der Waals surface area (Å²) in [5.41, 5.74) is 11.5. The van der Waals surface area contributed by atoms with E-state index in [2.05, 4.69) is 39.0 Å². The first-order valence-corrected chi connectivity index (χ1v) is 5.33. The first-order valence-electron chi connectivity index (χ1n) is 4.12. The largest absolute Gasteiger partial charge is 0.375 e. The lowest BCUT2D eigenvalue weighted by Crippen LogP contribution is -2.44. The van der Waals surface area contributed by atoms with Crippen LogP contribution >= 0.6 is 28.1 Å². The molecule has 0 aliphatic heterocycles. The van der Waals surface area contributed by atoms with Crippen molar-refractivity contribution >= 4 is 39.2 Å². The molecule has 0 aromatic heterocycles. The predicted octanol–water partition coefficient (Wildman–Crippen LogP) is 1.24. The first-order chi connectivity index (χ1) is 7.00. The van der Waals surface area contributed by atoms with Gasteiger partial charge < -0.3 is 5.73 Å². The highest BCUT2D eigenvalue weighted by atomic mass is 79.9. The predicted molar refractivity (Wildman–Crippen MR) is 66.3 cm³/mol. The number of halogens is 1. The smallest absolute Gasteiger partial charge is 0.270 e. The van der Waals surface area contributed by atoms with Gasteiger partial charge in [0.25, 0.3) is 5.91 Å². The van der Waals surface area contributed by atoms with Crippen LogP contribution in [0.4, 0.5) is 0 Å². The number of hydrazine groups is 1. The zero-order chi connectivity index (χ0) is 11.4. The van der Waals surface area contributed by atoms with E-state index in [0.717, 1.165) is 10.0 Å². The molecule has 0 fully saturated rings. The second-order valence-electron chi connectivity index (χ2n) is 2.93. The van der Waals surface area contributed by atoms with Crippen LogP contribution in [0.5, 0.6) is 0 Å². The lowest BCUT2D eigenvalue weighted by Gasteiger charge is -2.08. The molecule has 4 nitrogen and oxygen atoms in total. The van der Waals surface area contributed by atoms with Gasteiger partial charge in [-0.25, -0.2) is 0 Å². The summed E-state index contributed by atoms with van der Waals surface area (Å²) in [6.07, 6.45) is 0. The third kappa shape index (κ3) is 3.49. The number of carbonyl (C=O) groups excluding carboxylic acids is 1. The molecule has 1 rings (SSSR count). The quantitative estimate of drug-likeness (QED) is 0.537. The molecular formula is C9H10BrN3OS. The molecule has 6 heteroatoms. The Balaban J connectivity index is 2.81. The highest BCUT2D eigenvalue weighted by Gasteiger charge is 2.09. The van der Waals surface area contributed by atoms with Crippen molar-refractivity contribution in [1.82, 2.24) is 10.9 Å². The van der Waals surface area contributed by atoms with E-state index in [0.29, 0.717) is 5.56 Å².